The molecule has 3 aromatic rings. The Bertz CT molecular complexity index is 1380. The maximum Gasteiger partial charge on any atom is 0.264 e. The van der Waals surface area contributed by atoms with Crippen LogP contribution >= 0.6 is 0 Å². The Morgan fingerprint density at radius 1 is 1.18 bits per heavy atom. The molecule has 0 bridgehead atoms. The highest BCUT2D eigenvalue weighted by Gasteiger charge is 2.35. The number of aryl methyl sites for hydroxylation is 1. The molecule has 0 aliphatic carbocycles. The van der Waals surface area contributed by atoms with Crippen LogP contribution < -0.4 is 4.90 Å². The topological polar surface area (TPSA) is 68.4 Å². The van der Waals surface area contributed by atoms with Crippen LogP contribution in [0.1, 0.15) is 80.3 Å². The molecule has 0 unspecified atom stereocenters. The summed E-state index contributed by atoms with van der Waals surface area (Å²) < 4.78 is 38.5. The molecule has 1 amide bonds. The number of carbonyl (C=O) groups is 1. The lowest BCUT2D eigenvalue weighted by atomic mass is 9.84. The van der Waals surface area contributed by atoms with Crippen molar-refractivity contribution in [2.24, 2.45) is 7.05 Å². The van der Waals surface area contributed by atoms with Crippen LogP contribution in [-0.4, -0.2) is 56.7 Å². The Balaban J connectivity index is 1.50. The Kier molecular flexibility index (Phi) is 6.91. The number of ether oxygens (including phenoxy) is 1. The molecule has 6 rings (SSSR count). The molecule has 10 heteroatoms. The summed E-state index contributed by atoms with van der Waals surface area (Å²) >= 11 is 0. The number of halogens is 2. The number of aromatic nitrogens is 4. The van der Waals surface area contributed by atoms with Gasteiger partial charge in [0.15, 0.2) is 5.82 Å². The van der Waals surface area contributed by atoms with Gasteiger partial charge >= 0.3 is 0 Å². The third kappa shape index (κ3) is 4.62. The SMILES string of the molecule is CC[C@H]1CCN(c2nn(C3CCOCC3)c3c2CN(C(C)=O)CC3)c2cc(C(F)F)c(-c3cnn(C)c3)cc21. The second-order valence-corrected chi connectivity index (χ2v) is 11.0. The first-order valence-electron chi connectivity index (χ1n) is 14.0. The molecule has 3 aliphatic heterocycles. The van der Waals surface area contributed by atoms with Crippen LogP contribution in [0.2, 0.25) is 0 Å². The fourth-order valence-corrected chi connectivity index (χ4v) is 6.52. The molecule has 8 nitrogen and oxygen atoms in total. The van der Waals surface area contributed by atoms with E-state index in [0.717, 1.165) is 60.4 Å². The minimum absolute atomic E-state index is 0.00611. The van der Waals surface area contributed by atoms with E-state index in [2.05, 4.69) is 21.6 Å². The Labute approximate surface area is 227 Å². The van der Waals surface area contributed by atoms with Gasteiger partial charge in [0.2, 0.25) is 5.91 Å². The lowest BCUT2D eigenvalue weighted by Gasteiger charge is -2.36. The first kappa shape index (κ1) is 26.0. The molecule has 0 spiro atoms. The molecular formula is C29H36F2N6O2. The van der Waals surface area contributed by atoms with Crippen molar-refractivity contribution >= 4 is 17.4 Å². The summed E-state index contributed by atoms with van der Waals surface area (Å²) in [5.41, 5.74) is 5.31. The van der Waals surface area contributed by atoms with E-state index in [-0.39, 0.29) is 23.4 Å². The van der Waals surface area contributed by atoms with Crippen molar-refractivity contribution in [2.75, 3.05) is 31.2 Å². The number of fused-ring (bicyclic) bond motifs is 2. The van der Waals surface area contributed by atoms with Gasteiger partial charge in [0.05, 0.1) is 18.8 Å². The van der Waals surface area contributed by atoms with E-state index < -0.39 is 6.43 Å². The molecule has 3 aliphatic rings. The van der Waals surface area contributed by atoms with Crippen molar-refractivity contribution in [3.63, 3.8) is 0 Å². The lowest BCUT2D eigenvalue weighted by molar-refractivity contribution is -0.129. The molecular weight excluding hydrogens is 502 g/mol. The Morgan fingerprint density at radius 2 is 1.97 bits per heavy atom. The zero-order valence-corrected chi connectivity index (χ0v) is 22.9. The van der Waals surface area contributed by atoms with Crippen molar-refractivity contribution in [2.45, 2.75) is 70.9 Å². The molecule has 0 saturated carbocycles. The van der Waals surface area contributed by atoms with Crippen molar-refractivity contribution in [3.05, 3.63) is 46.9 Å². The van der Waals surface area contributed by atoms with E-state index in [1.165, 1.54) is 0 Å². The predicted molar refractivity (Wildman–Crippen MR) is 144 cm³/mol. The van der Waals surface area contributed by atoms with Gasteiger partial charge in [0.1, 0.15) is 0 Å². The van der Waals surface area contributed by atoms with Crippen molar-refractivity contribution < 1.29 is 18.3 Å². The summed E-state index contributed by atoms with van der Waals surface area (Å²) in [5, 5.41) is 9.42. The number of hydrogen-bond acceptors (Lipinski definition) is 5. The minimum atomic E-state index is -2.63. The van der Waals surface area contributed by atoms with Gasteiger partial charge in [0, 0.05) is 81.0 Å². The standard InChI is InChI=1S/C29H36F2N6O2/c1-4-19-5-10-36(27-14-24(28(30)31)22(13-23(19)27)20-15-32-34(3)16-20)29-25-17-35(18(2)38)9-6-26(25)37(33-29)21-7-11-39-12-8-21/h13-16,19,21,28H,4-12,17H2,1-3H3/t19-/m0/s1. The van der Waals surface area contributed by atoms with E-state index in [0.29, 0.717) is 44.0 Å². The fraction of sp³-hybridized carbons (Fsp3) is 0.552. The van der Waals surface area contributed by atoms with Crippen molar-refractivity contribution in [3.8, 4) is 11.1 Å². The number of nitrogens with zero attached hydrogens (tertiary/aromatic N) is 6. The molecule has 0 radical (unpaired) electrons. The van der Waals surface area contributed by atoms with Gasteiger partial charge in [-0.1, -0.05) is 6.92 Å². The smallest absolute Gasteiger partial charge is 0.264 e. The van der Waals surface area contributed by atoms with Crippen molar-refractivity contribution in [1.29, 1.82) is 0 Å². The zero-order chi connectivity index (χ0) is 27.3. The molecule has 1 atom stereocenters. The number of alkyl halides is 2. The summed E-state index contributed by atoms with van der Waals surface area (Å²) in [7, 11) is 1.79. The number of anilines is 2. The zero-order valence-electron chi connectivity index (χ0n) is 22.9. The highest BCUT2D eigenvalue weighted by atomic mass is 19.3. The monoisotopic (exact) mass is 538 g/mol. The summed E-state index contributed by atoms with van der Waals surface area (Å²) in [6.07, 6.45) is 5.16. The molecule has 0 N–H and O–H groups in total. The van der Waals surface area contributed by atoms with Gasteiger partial charge in [-0.15, -0.1) is 0 Å². The first-order valence-corrected chi connectivity index (χ1v) is 14.0. The van der Waals surface area contributed by atoms with Gasteiger partial charge < -0.3 is 14.5 Å². The van der Waals surface area contributed by atoms with Crippen LogP contribution in [0.4, 0.5) is 20.3 Å². The summed E-state index contributed by atoms with van der Waals surface area (Å²) in [4.78, 5) is 16.4. The maximum atomic E-state index is 14.5. The highest BCUT2D eigenvalue weighted by molar-refractivity contribution is 5.78. The quantitative estimate of drug-likeness (QED) is 0.428. The second kappa shape index (κ2) is 10.4. The first-order chi connectivity index (χ1) is 18.9. The van der Waals surface area contributed by atoms with Crippen LogP contribution in [0, 0.1) is 0 Å². The molecule has 1 saturated heterocycles. The number of amides is 1. The highest BCUT2D eigenvalue weighted by Crippen LogP contribution is 2.47. The van der Waals surface area contributed by atoms with E-state index >= 15 is 0 Å². The van der Waals surface area contributed by atoms with Crippen LogP contribution in [0.15, 0.2) is 24.5 Å². The number of benzene rings is 1. The molecule has 208 valence electrons. The Morgan fingerprint density at radius 3 is 2.64 bits per heavy atom. The number of carbonyl (C=O) groups excluding carboxylic acids is 1. The summed E-state index contributed by atoms with van der Waals surface area (Å²) in [6, 6.07) is 3.87. The van der Waals surface area contributed by atoms with Gasteiger partial charge in [-0.2, -0.15) is 10.2 Å². The Hall–Kier alpha value is -3.27. The lowest BCUT2D eigenvalue weighted by Crippen LogP contribution is -2.36. The van der Waals surface area contributed by atoms with Crippen molar-refractivity contribution in [1.82, 2.24) is 24.5 Å². The predicted octanol–water partition coefficient (Wildman–Crippen LogP) is 5.51. The number of rotatable bonds is 5. The van der Waals surface area contributed by atoms with Crippen LogP contribution in [0.3, 0.4) is 0 Å². The third-order valence-electron chi connectivity index (χ3n) is 8.68. The largest absolute Gasteiger partial charge is 0.381 e. The maximum absolute atomic E-state index is 14.5. The summed E-state index contributed by atoms with van der Waals surface area (Å²) in [5.74, 6) is 1.10. The average molecular weight is 539 g/mol. The van der Waals surface area contributed by atoms with Gasteiger partial charge in [-0.3, -0.25) is 14.2 Å². The van der Waals surface area contributed by atoms with Gasteiger partial charge in [-0.05, 0) is 54.9 Å². The van der Waals surface area contributed by atoms with E-state index in [9.17, 15) is 13.6 Å². The summed E-state index contributed by atoms with van der Waals surface area (Å²) in [6.45, 7) is 7.00. The van der Waals surface area contributed by atoms with E-state index in [1.807, 2.05) is 11.0 Å². The molecule has 5 heterocycles. The minimum Gasteiger partial charge on any atom is -0.381 e. The van der Waals surface area contributed by atoms with Crippen LogP contribution in [0.25, 0.3) is 11.1 Å². The molecule has 1 fully saturated rings. The van der Waals surface area contributed by atoms with E-state index in [1.54, 1.807) is 37.1 Å². The normalized spacial score (nSPS) is 19.9. The molecule has 1 aromatic carbocycles. The molecule has 2 aromatic heterocycles. The van der Waals surface area contributed by atoms with Gasteiger partial charge in [0.25, 0.3) is 6.43 Å². The average Bonchev–Trinajstić information content (AvgIpc) is 3.55. The third-order valence-corrected chi connectivity index (χ3v) is 8.68. The number of hydrogen-bond donors (Lipinski definition) is 0. The van der Waals surface area contributed by atoms with Crippen LogP contribution in [0.5, 0.6) is 0 Å². The molecule has 39 heavy (non-hydrogen) atoms. The second-order valence-electron chi connectivity index (χ2n) is 11.0. The van der Waals surface area contributed by atoms with Crippen LogP contribution in [-0.2, 0) is 29.5 Å². The fourth-order valence-electron chi connectivity index (χ4n) is 6.52. The van der Waals surface area contributed by atoms with Gasteiger partial charge in [-0.25, -0.2) is 8.78 Å². The van der Waals surface area contributed by atoms with E-state index in [4.69, 9.17) is 9.84 Å².